The molecule has 0 fully saturated rings. The summed E-state index contributed by atoms with van der Waals surface area (Å²) in [5.74, 6) is 0.999. The topological polar surface area (TPSA) is 45.5 Å². The molecule has 1 N–H and O–H groups in total. The first-order valence-electron chi connectivity index (χ1n) is 6.24. The number of aliphatic imine (C=N–C) groups is 1. The van der Waals surface area contributed by atoms with Gasteiger partial charge in [-0.2, -0.15) is 0 Å². The van der Waals surface area contributed by atoms with Crippen LogP contribution in [0, 0.1) is 0 Å². The minimum Gasteiger partial charge on any atom is -0.354 e. The summed E-state index contributed by atoms with van der Waals surface area (Å²) < 4.78 is 2.16. The number of imidazole rings is 1. The fraction of sp³-hybridized carbons (Fsp3) is 0.385. The van der Waals surface area contributed by atoms with E-state index in [4.69, 9.17) is 0 Å². The molecule has 0 unspecified atom stereocenters. The molecule has 0 aliphatic carbocycles. The highest BCUT2D eigenvalue weighted by molar-refractivity contribution is 14.0. The Hall–Kier alpha value is -1.31. The van der Waals surface area contributed by atoms with Gasteiger partial charge in [-0.15, -0.1) is 24.0 Å². The van der Waals surface area contributed by atoms with Crippen LogP contribution in [0.1, 0.15) is 0 Å². The summed E-state index contributed by atoms with van der Waals surface area (Å²) in [6.07, 6.45) is 1.90. The second-order valence-electron chi connectivity index (χ2n) is 4.48. The molecule has 0 saturated carbocycles. The van der Waals surface area contributed by atoms with Crippen LogP contribution in [0.25, 0.3) is 11.0 Å². The number of nitrogens with zero attached hydrogens (tertiary/aromatic N) is 4. The molecule has 1 aromatic carbocycles. The minimum atomic E-state index is 0. The third kappa shape index (κ3) is 2.99. The first-order chi connectivity index (χ1) is 8.84. The Bertz CT molecular complexity index is 577. The van der Waals surface area contributed by atoms with Crippen molar-refractivity contribution in [3.63, 3.8) is 0 Å². The molecule has 0 saturated heterocycles. The van der Waals surface area contributed by atoms with Gasteiger partial charge < -0.3 is 14.8 Å². The summed E-state index contributed by atoms with van der Waals surface area (Å²) in [5, 5.41) is 3.36. The molecule has 0 amide bonds. The molecular formula is C13H18IN5. The molecule has 1 aromatic heterocycles. The third-order valence-electron chi connectivity index (χ3n) is 3.22. The molecule has 6 heteroatoms. The molecular weight excluding hydrogens is 353 g/mol. The van der Waals surface area contributed by atoms with E-state index in [0.717, 1.165) is 37.7 Å². The molecule has 1 aliphatic rings. The van der Waals surface area contributed by atoms with Crippen molar-refractivity contribution >= 4 is 41.0 Å². The molecule has 3 rings (SSSR count). The van der Waals surface area contributed by atoms with Gasteiger partial charge in [-0.05, 0) is 12.1 Å². The Morgan fingerprint density at radius 2 is 2.16 bits per heavy atom. The summed E-state index contributed by atoms with van der Waals surface area (Å²) in [6, 6.07) is 8.19. The van der Waals surface area contributed by atoms with Crippen LogP contribution < -0.4 is 5.32 Å². The molecule has 102 valence electrons. The Labute approximate surface area is 129 Å². The number of guanidine groups is 1. The highest BCUT2D eigenvalue weighted by atomic mass is 127. The van der Waals surface area contributed by atoms with E-state index >= 15 is 0 Å². The number of aromatic nitrogens is 2. The Balaban J connectivity index is 0.00000133. The second-order valence-corrected chi connectivity index (χ2v) is 4.48. The van der Waals surface area contributed by atoms with E-state index in [1.54, 1.807) is 0 Å². The van der Waals surface area contributed by atoms with Crippen LogP contribution in [0.4, 0.5) is 0 Å². The van der Waals surface area contributed by atoms with Gasteiger partial charge in [-0.3, -0.25) is 4.99 Å². The lowest BCUT2D eigenvalue weighted by Crippen LogP contribution is -2.37. The smallest absolute Gasteiger partial charge is 0.193 e. The van der Waals surface area contributed by atoms with E-state index in [2.05, 4.69) is 37.9 Å². The van der Waals surface area contributed by atoms with Gasteiger partial charge in [0.2, 0.25) is 0 Å². The van der Waals surface area contributed by atoms with E-state index < -0.39 is 0 Å². The van der Waals surface area contributed by atoms with Gasteiger partial charge >= 0.3 is 0 Å². The van der Waals surface area contributed by atoms with Crippen molar-refractivity contribution in [2.75, 3.05) is 26.7 Å². The predicted molar refractivity (Wildman–Crippen MR) is 88.1 cm³/mol. The monoisotopic (exact) mass is 371 g/mol. The molecule has 2 aromatic rings. The van der Waals surface area contributed by atoms with Crippen molar-refractivity contribution in [3.05, 3.63) is 30.6 Å². The molecule has 0 atom stereocenters. The van der Waals surface area contributed by atoms with Gasteiger partial charge in [0.25, 0.3) is 0 Å². The average Bonchev–Trinajstić information content (AvgIpc) is 2.97. The van der Waals surface area contributed by atoms with Crippen molar-refractivity contribution in [2.45, 2.75) is 6.54 Å². The van der Waals surface area contributed by atoms with E-state index in [-0.39, 0.29) is 24.0 Å². The lowest BCUT2D eigenvalue weighted by Gasteiger charge is -2.15. The van der Waals surface area contributed by atoms with Crippen molar-refractivity contribution < 1.29 is 0 Å². The minimum absolute atomic E-state index is 0. The Kier molecular flexibility index (Phi) is 4.62. The maximum atomic E-state index is 4.40. The number of likely N-dealkylation sites (N-methyl/N-ethyl adjacent to an activating group) is 1. The second kappa shape index (κ2) is 6.23. The Morgan fingerprint density at radius 3 is 2.95 bits per heavy atom. The normalized spacial score (nSPS) is 14.4. The van der Waals surface area contributed by atoms with Crippen LogP contribution in [0.2, 0.25) is 0 Å². The number of hydrogen-bond acceptors (Lipinski definition) is 4. The first-order valence-corrected chi connectivity index (χ1v) is 6.24. The number of fused-ring (bicyclic) bond motifs is 1. The lowest BCUT2D eigenvalue weighted by molar-refractivity contribution is 0.529. The predicted octanol–water partition coefficient (Wildman–Crippen LogP) is 1.55. The fourth-order valence-corrected chi connectivity index (χ4v) is 2.20. The van der Waals surface area contributed by atoms with E-state index in [1.807, 2.05) is 24.5 Å². The number of nitrogens with one attached hydrogen (secondary N) is 1. The summed E-state index contributed by atoms with van der Waals surface area (Å²) in [7, 11) is 2.06. The number of para-hydroxylation sites is 2. The molecule has 2 heterocycles. The quantitative estimate of drug-likeness (QED) is 0.833. The standard InChI is InChI=1S/C13H17N5.HI/c1-17-8-6-14-13(17)15-7-9-18-10-16-11-4-2-3-5-12(11)18;/h2-5,10H,6-9H2,1H3,(H,14,15);1H. The van der Waals surface area contributed by atoms with E-state index in [0.29, 0.717) is 0 Å². The number of halogens is 1. The summed E-state index contributed by atoms with van der Waals surface area (Å²) >= 11 is 0. The number of hydrogen-bond donors (Lipinski definition) is 1. The number of rotatable bonds is 3. The Morgan fingerprint density at radius 1 is 1.32 bits per heavy atom. The fourth-order valence-electron chi connectivity index (χ4n) is 2.20. The van der Waals surface area contributed by atoms with Crippen LogP contribution in [0.15, 0.2) is 35.6 Å². The molecule has 1 aliphatic heterocycles. The van der Waals surface area contributed by atoms with Crippen LogP contribution >= 0.6 is 24.0 Å². The van der Waals surface area contributed by atoms with Crippen LogP contribution in [-0.4, -0.2) is 47.1 Å². The summed E-state index contributed by atoms with van der Waals surface area (Å²) in [4.78, 5) is 10.9. The van der Waals surface area contributed by atoms with Crippen molar-refractivity contribution in [3.8, 4) is 0 Å². The maximum absolute atomic E-state index is 4.40. The van der Waals surface area contributed by atoms with Crippen molar-refractivity contribution in [2.24, 2.45) is 4.99 Å². The zero-order chi connectivity index (χ0) is 12.4. The average molecular weight is 371 g/mol. The zero-order valence-corrected chi connectivity index (χ0v) is 13.2. The van der Waals surface area contributed by atoms with E-state index in [9.17, 15) is 0 Å². The molecule has 0 radical (unpaired) electrons. The highest BCUT2D eigenvalue weighted by Gasteiger charge is 2.11. The van der Waals surface area contributed by atoms with Gasteiger partial charge in [-0.25, -0.2) is 4.98 Å². The van der Waals surface area contributed by atoms with Gasteiger partial charge in [0.15, 0.2) is 5.96 Å². The first kappa shape index (κ1) is 14.1. The summed E-state index contributed by atoms with van der Waals surface area (Å²) in [5.41, 5.74) is 2.23. The van der Waals surface area contributed by atoms with Gasteiger partial charge in [-0.1, -0.05) is 12.1 Å². The van der Waals surface area contributed by atoms with Crippen LogP contribution in [0.5, 0.6) is 0 Å². The van der Waals surface area contributed by atoms with Crippen molar-refractivity contribution in [1.82, 2.24) is 19.8 Å². The lowest BCUT2D eigenvalue weighted by atomic mass is 10.3. The summed E-state index contributed by atoms with van der Waals surface area (Å²) in [6.45, 7) is 3.67. The third-order valence-corrected chi connectivity index (χ3v) is 3.22. The van der Waals surface area contributed by atoms with E-state index in [1.165, 1.54) is 5.52 Å². The van der Waals surface area contributed by atoms with Gasteiger partial charge in [0, 0.05) is 26.7 Å². The van der Waals surface area contributed by atoms with Gasteiger partial charge in [0.1, 0.15) is 0 Å². The molecule has 0 spiro atoms. The van der Waals surface area contributed by atoms with Crippen LogP contribution in [0.3, 0.4) is 0 Å². The van der Waals surface area contributed by atoms with Crippen LogP contribution in [-0.2, 0) is 6.54 Å². The zero-order valence-electron chi connectivity index (χ0n) is 10.9. The molecule has 19 heavy (non-hydrogen) atoms. The molecule has 0 bridgehead atoms. The largest absolute Gasteiger partial charge is 0.354 e. The number of benzene rings is 1. The molecule has 5 nitrogen and oxygen atoms in total. The van der Waals surface area contributed by atoms with Gasteiger partial charge in [0.05, 0.1) is 23.9 Å². The maximum Gasteiger partial charge on any atom is 0.193 e. The van der Waals surface area contributed by atoms with Crippen molar-refractivity contribution in [1.29, 1.82) is 0 Å². The highest BCUT2D eigenvalue weighted by Crippen LogP contribution is 2.11. The SMILES string of the molecule is CN1CCN=C1NCCn1cnc2ccccc21.I.